The lowest BCUT2D eigenvalue weighted by Gasteiger charge is -2.17. The Morgan fingerprint density at radius 1 is 1.18 bits per heavy atom. The van der Waals surface area contributed by atoms with Crippen molar-refractivity contribution in [1.29, 1.82) is 5.26 Å². The Labute approximate surface area is 194 Å². The Morgan fingerprint density at radius 3 is 2.61 bits per heavy atom. The topological polar surface area (TPSA) is 111 Å². The van der Waals surface area contributed by atoms with Crippen LogP contribution in [0.1, 0.15) is 30.7 Å². The number of hydrogen-bond donors (Lipinski definition) is 3. The highest BCUT2D eigenvalue weighted by Crippen LogP contribution is 2.40. The quantitative estimate of drug-likeness (QED) is 0.323. The second-order valence-electron chi connectivity index (χ2n) is 7.73. The monoisotopic (exact) mass is 516 g/mol. The Bertz CT molecular complexity index is 1400. The average Bonchev–Trinajstić information content (AvgIpc) is 3.18. The molecule has 0 aliphatic heterocycles. The number of fused-ring (bicyclic) bond motifs is 1. The van der Waals surface area contributed by atoms with Gasteiger partial charge in [0, 0.05) is 35.2 Å². The van der Waals surface area contributed by atoms with Crippen molar-refractivity contribution in [2.24, 2.45) is 0 Å². The molecule has 0 saturated heterocycles. The number of aliphatic hydroxyl groups is 1. The molecule has 3 N–H and O–H groups in total. The van der Waals surface area contributed by atoms with Crippen molar-refractivity contribution in [2.45, 2.75) is 25.6 Å². The highest BCUT2D eigenvalue weighted by atomic mass is 79.9. The van der Waals surface area contributed by atoms with Crippen molar-refractivity contribution in [2.75, 3.05) is 5.32 Å². The minimum atomic E-state index is -4.69. The molecular formula is C22H16BrF3N6O. The summed E-state index contributed by atoms with van der Waals surface area (Å²) >= 11 is 3.32. The summed E-state index contributed by atoms with van der Waals surface area (Å²) in [4.78, 5) is 15.0. The van der Waals surface area contributed by atoms with Crippen LogP contribution in [0.2, 0.25) is 0 Å². The number of nitriles is 1. The summed E-state index contributed by atoms with van der Waals surface area (Å²) in [5.41, 5.74) is -0.668. The lowest BCUT2D eigenvalue weighted by molar-refractivity contribution is -0.137. The van der Waals surface area contributed by atoms with Crippen LogP contribution in [0.3, 0.4) is 0 Å². The zero-order chi connectivity index (χ0) is 24.0. The maximum absolute atomic E-state index is 13.8. The van der Waals surface area contributed by atoms with Gasteiger partial charge in [0.15, 0.2) is 0 Å². The molecule has 7 nitrogen and oxygen atoms in total. The van der Waals surface area contributed by atoms with Gasteiger partial charge in [-0.3, -0.25) is 4.98 Å². The van der Waals surface area contributed by atoms with Crippen LogP contribution in [0.5, 0.6) is 0 Å². The van der Waals surface area contributed by atoms with E-state index in [1.165, 1.54) is 18.5 Å². The molecule has 3 aromatic heterocycles. The second kappa shape index (κ2) is 8.13. The van der Waals surface area contributed by atoms with Crippen LogP contribution in [-0.2, 0) is 11.8 Å². The lowest BCUT2D eigenvalue weighted by atomic mass is 10.0. The number of benzene rings is 1. The van der Waals surface area contributed by atoms with Crippen LogP contribution in [0.4, 0.5) is 24.8 Å². The normalized spacial score (nSPS) is 12.1. The minimum absolute atomic E-state index is 0.0621. The van der Waals surface area contributed by atoms with Crippen LogP contribution in [0.25, 0.3) is 22.2 Å². The first-order valence-electron chi connectivity index (χ1n) is 9.59. The molecule has 4 rings (SSSR count). The molecule has 0 amide bonds. The van der Waals surface area contributed by atoms with E-state index < -0.39 is 17.3 Å². The van der Waals surface area contributed by atoms with Crippen LogP contribution >= 0.6 is 15.9 Å². The number of nitrogens with one attached hydrogen (secondary N) is 2. The van der Waals surface area contributed by atoms with Gasteiger partial charge in [0.25, 0.3) is 0 Å². The molecule has 4 aromatic rings. The van der Waals surface area contributed by atoms with E-state index in [0.717, 1.165) is 6.20 Å². The molecule has 0 saturated carbocycles. The summed E-state index contributed by atoms with van der Waals surface area (Å²) in [6, 6.07) is 8.25. The number of halogens is 4. The fraction of sp³-hybridized carbons (Fsp3) is 0.182. The third kappa shape index (κ3) is 4.40. The number of aromatic nitrogens is 4. The van der Waals surface area contributed by atoms with Crippen LogP contribution in [-0.4, -0.2) is 25.0 Å². The van der Waals surface area contributed by atoms with Gasteiger partial charge in [-0.15, -0.1) is 0 Å². The third-order valence-corrected chi connectivity index (χ3v) is 5.73. The molecule has 0 aliphatic carbocycles. The van der Waals surface area contributed by atoms with E-state index in [1.807, 2.05) is 6.07 Å². The van der Waals surface area contributed by atoms with Gasteiger partial charge in [-0.25, -0.2) is 9.97 Å². The van der Waals surface area contributed by atoms with Crippen molar-refractivity contribution in [3.63, 3.8) is 0 Å². The van der Waals surface area contributed by atoms with Gasteiger partial charge in [0.05, 0.1) is 26.9 Å². The van der Waals surface area contributed by atoms with Gasteiger partial charge < -0.3 is 15.4 Å². The van der Waals surface area contributed by atoms with Crippen LogP contribution in [0.15, 0.2) is 47.3 Å². The van der Waals surface area contributed by atoms with E-state index in [1.54, 1.807) is 32.0 Å². The lowest BCUT2D eigenvalue weighted by Crippen LogP contribution is -2.17. The second-order valence-corrected chi connectivity index (χ2v) is 8.52. The predicted molar refractivity (Wildman–Crippen MR) is 120 cm³/mol. The van der Waals surface area contributed by atoms with E-state index in [-0.39, 0.29) is 17.2 Å². The highest BCUT2D eigenvalue weighted by molar-refractivity contribution is 9.10. The number of anilines is 2. The molecule has 0 unspecified atom stereocenters. The molecule has 3 heterocycles. The van der Waals surface area contributed by atoms with Gasteiger partial charge in [-0.1, -0.05) is 6.07 Å². The van der Waals surface area contributed by atoms with Gasteiger partial charge in [-0.2, -0.15) is 18.4 Å². The van der Waals surface area contributed by atoms with E-state index in [9.17, 15) is 23.5 Å². The summed E-state index contributed by atoms with van der Waals surface area (Å²) in [6.45, 7) is 3.14. The Hall–Kier alpha value is -3.49. The summed E-state index contributed by atoms with van der Waals surface area (Å²) in [5.74, 6) is -0.0621. The number of alkyl halides is 3. The summed E-state index contributed by atoms with van der Waals surface area (Å²) < 4.78 is 41.8. The fourth-order valence-electron chi connectivity index (χ4n) is 3.27. The first-order chi connectivity index (χ1) is 15.5. The molecule has 1 aromatic carbocycles. The standard InChI is InChI=1S/C22H16BrF3N6O/c1-21(2,33)16-7-12(5-6-28-16)31-20-30-10-15(22(24,25)26)18(32-20)14-9-29-19-13(14)4-3-11(8-27)17(19)23/h3-7,9-10,29,33H,1-2H3,(H,28,30,31,32). The van der Waals surface area contributed by atoms with E-state index in [4.69, 9.17) is 0 Å². The Kier molecular flexibility index (Phi) is 5.59. The third-order valence-electron chi connectivity index (χ3n) is 4.91. The molecule has 168 valence electrons. The molecule has 0 spiro atoms. The Morgan fingerprint density at radius 2 is 1.94 bits per heavy atom. The summed E-state index contributed by atoms with van der Waals surface area (Å²) in [7, 11) is 0. The number of rotatable bonds is 4. The van der Waals surface area contributed by atoms with Gasteiger partial charge in [0.2, 0.25) is 5.95 Å². The molecule has 33 heavy (non-hydrogen) atoms. The van der Waals surface area contributed by atoms with Gasteiger partial charge in [0.1, 0.15) is 17.2 Å². The Balaban J connectivity index is 1.84. The molecule has 11 heteroatoms. The van der Waals surface area contributed by atoms with E-state index in [0.29, 0.717) is 32.3 Å². The number of pyridine rings is 1. The molecule has 0 atom stereocenters. The van der Waals surface area contributed by atoms with Crippen molar-refractivity contribution < 1.29 is 18.3 Å². The maximum Gasteiger partial charge on any atom is 0.419 e. The molecule has 0 aliphatic rings. The number of aromatic amines is 1. The zero-order valence-electron chi connectivity index (χ0n) is 17.3. The first-order valence-corrected chi connectivity index (χ1v) is 10.4. The maximum atomic E-state index is 13.8. The minimum Gasteiger partial charge on any atom is -0.384 e. The van der Waals surface area contributed by atoms with Crippen molar-refractivity contribution in [3.8, 4) is 17.3 Å². The van der Waals surface area contributed by atoms with Gasteiger partial charge in [-0.05, 0) is 48.0 Å². The largest absolute Gasteiger partial charge is 0.419 e. The molecule has 0 radical (unpaired) electrons. The first kappa shape index (κ1) is 22.7. The average molecular weight is 517 g/mol. The smallest absolute Gasteiger partial charge is 0.384 e. The van der Waals surface area contributed by atoms with Crippen molar-refractivity contribution >= 4 is 38.5 Å². The van der Waals surface area contributed by atoms with Crippen LogP contribution in [0, 0.1) is 11.3 Å². The zero-order valence-corrected chi connectivity index (χ0v) is 18.9. The van der Waals surface area contributed by atoms with Crippen molar-refractivity contribution in [1.82, 2.24) is 19.9 Å². The molecule has 0 bridgehead atoms. The van der Waals surface area contributed by atoms with E-state index in [2.05, 4.69) is 41.2 Å². The molecule has 0 fully saturated rings. The number of H-pyrrole nitrogens is 1. The summed E-state index contributed by atoms with van der Waals surface area (Å²) in [6.07, 6.45) is -1.09. The predicted octanol–water partition coefficient (Wildman–Crippen LogP) is 5.64. The van der Waals surface area contributed by atoms with Crippen molar-refractivity contribution in [3.05, 3.63) is 64.1 Å². The highest BCUT2D eigenvalue weighted by Gasteiger charge is 2.36. The summed E-state index contributed by atoms with van der Waals surface area (Å²) in [5, 5.41) is 22.7. The fourth-order valence-corrected chi connectivity index (χ4v) is 3.82. The van der Waals surface area contributed by atoms with Crippen LogP contribution < -0.4 is 5.32 Å². The van der Waals surface area contributed by atoms with Gasteiger partial charge >= 0.3 is 6.18 Å². The van der Waals surface area contributed by atoms with E-state index >= 15 is 0 Å². The number of nitrogens with zero attached hydrogens (tertiary/aromatic N) is 4. The SMILES string of the molecule is CC(C)(O)c1cc(Nc2ncc(C(F)(F)F)c(-c3c[nH]c4c(Br)c(C#N)ccc34)n2)ccn1. The molecular weight excluding hydrogens is 501 g/mol. The number of hydrogen-bond acceptors (Lipinski definition) is 6.